The highest BCUT2D eigenvalue weighted by atomic mass is 19.4. The molecule has 2 atom stereocenters. The molecule has 1 aliphatic heterocycles. The van der Waals surface area contributed by atoms with E-state index in [1.54, 1.807) is 58.9 Å². The summed E-state index contributed by atoms with van der Waals surface area (Å²) < 4.78 is 80.6. The van der Waals surface area contributed by atoms with Crippen molar-refractivity contribution in [1.82, 2.24) is 34.8 Å². The van der Waals surface area contributed by atoms with Crippen LogP contribution < -0.4 is 5.73 Å². The second-order valence-electron chi connectivity index (χ2n) is 13.2. The van der Waals surface area contributed by atoms with Crippen LogP contribution in [0.4, 0.5) is 31.1 Å². The second kappa shape index (κ2) is 16.3. The molecule has 5 rings (SSSR count). The molecule has 4 aromatic rings. The molecule has 0 saturated carbocycles. The zero-order chi connectivity index (χ0) is 39.3. The van der Waals surface area contributed by atoms with Crippen LogP contribution in [-0.2, 0) is 34.8 Å². The minimum absolute atomic E-state index is 0.0143. The average molecular weight is 749 g/mol. The molecular weight excluding hydrogens is 710 g/mol. The molecule has 1 saturated heterocycles. The van der Waals surface area contributed by atoms with Gasteiger partial charge in [-0.2, -0.15) is 26.3 Å². The molecular formula is C35H38F6N8O4. The Bertz CT molecular complexity index is 1900. The fourth-order valence-corrected chi connectivity index (χ4v) is 5.38. The van der Waals surface area contributed by atoms with Crippen LogP contribution in [0.1, 0.15) is 68.0 Å². The Hall–Kier alpha value is -5.10. The van der Waals surface area contributed by atoms with Gasteiger partial charge >= 0.3 is 18.4 Å². The maximum atomic E-state index is 12.9. The number of likely N-dealkylation sites (tertiary alicyclic amines) is 1. The van der Waals surface area contributed by atoms with Crippen molar-refractivity contribution >= 4 is 11.9 Å². The van der Waals surface area contributed by atoms with E-state index >= 15 is 0 Å². The van der Waals surface area contributed by atoms with E-state index in [0.717, 1.165) is 30.5 Å². The Kier molecular flexibility index (Phi) is 12.5. The van der Waals surface area contributed by atoms with Crippen molar-refractivity contribution in [3.05, 3.63) is 83.5 Å². The predicted octanol–water partition coefficient (Wildman–Crippen LogP) is 6.06. The van der Waals surface area contributed by atoms with Gasteiger partial charge in [-0.1, -0.05) is 0 Å². The number of halogens is 6. The summed E-state index contributed by atoms with van der Waals surface area (Å²) >= 11 is 0. The first kappa shape index (κ1) is 40.7. The van der Waals surface area contributed by atoms with Crippen molar-refractivity contribution in [3.63, 3.8) is 0 Å². The smallest absolute Gasteiger partial charge is 0.444 e. The Morgan fingerprint density at radius 3 is 1.68 bits per heavy atom. The first-order valence-corrected chi connectivity index (χ1v) is 16.3. The number of hydrogen-bond donors (Lipinski definition) is 2. The van der Waals surface area contributed by atoms with E-state index in [-0.39, 0.29) is 38.1 Å². The Morgan fingerprint density at radius 1 is 0.792 bits per heavy atom. The molecule has 0 aliphatic carbocycles. The summed E-state index contributed by atoms with van der Waals surface area (Å²) in [7, 11) is 0. The first-order valence-electron chi connectivity index (χ1n) is 16.3. The molecule has 1 fully saturated rings. The number of ether oxygens (including phenoxy) is 1. The molecule has 0 spiro atoms. The minimum atomic E-state index is -4.63. The van der Waals surface area contributed by atoms with Gasteiger partial charge in [0.25, 0.3) is 0 Å². The lowest BCUT2D eigenvalue weighted by Crippen LogP contribution is -2.47. The van der Waals surface area contributed by atoms with Crippen LogP contribution in [-0.4, -0.2) is 76.1 Å². The van der Waals surface area contributed by atoms with Crippen molar-refractivity contribution in [2.24, 2.45) is 5.73 Å². The van der Waals surface area contributed by atoms with Crippen LogP contribution >= 0.6 is 0 Å². The molecule has 1 aliphatic rings. The quantitative estimate of drug-likeness (QED) is 0.211. The van der Waals surface area contributed by atoms with E-state index in [1.807, 2.05) is 0 Å². The summed E-state index contributed by atoms with van der Waals surface area (Å²) in [5.41, 5.74) is 9.46. The number of ketones is 1. The topological polar surface area (TPSA) is 170 Å². The highest BCUT2D eigenvalue weighted by Gasteiger charge is 2.42. The van der Waals surface area contributed by atoms with Crippen LogP contribution in [0.15, 0.2) is 49.1 Å². The minimum Gasteiger partial charge on any atom is -0.444 e. The van der Waals surface area contributed by atoms with Gasteiger partial charge in [-0.15, -0.1) is 0 Å². The molecule has 1 amide bonds. The third-order valence-corrected chi connectivity index (χ3v) is 7.65. The highest BCUT2D eigenvalue weighted by Crippen LogP contribution is 2.29. The molecule has 12 nitrogen and oxygen atoms in total. The molecule has 53 heavy (non-hydrogen) atoms. The molecule has 0 radical (unpaired) electrons. The Balaban J connectivity index is 0.000000278. The summed E-state index contributed by atoms with van der Waals surface area (Å²) in [4.78, 5) is 48.6. The molecule has 0 unspecified atom stereocenters. The number of pyridine rings is 2. The van der Waals surface area contributed by atoms with Crippen molar-refractivity contribution in [3.8, 4) is 22.3 Å². The fraction of sp³-hybridized carbons (Fsp3) is 0.429. The fourth-order valence-electron chi connectivity index (χ4n) is 5.38. The summed E-state index contributed by atoms with van der Waals surface area (Å²) in [6.45, 7) is 9.15. The van der Waals surface area contributed by atoms with Gasteiger partial charge in [-0.05, 0) is 82.9 Å². The molecule has 4 aromatic heterocycles. The Morgan fingerprint density at radius 2 is 1.25 bits per heavy atom. The Labute approximate surface area is 300 Å². The van der Waals surface area contributed by atoms with Crippen molar-refractivity contribution in [2.75, 3.05) is 6.54 Å². The molecule has 5 heterocycles. The van der Waals surface area contributed by atoms with Gasteiger partial charge in [0.1, 0.15) is 11.6 Å². The molecule has 284 valence electrons. The number of aromatic nitrogens is 6. The number of nitrogens with two attached hydrogens (primary N) is 1. The monoisotopic (exact) mass is 748 g/mol. The summed E-state index contributed by atoms with van der Waals surface area (Å²) in [5.74, 6) is -2.70. The number of aliphatic hydroxyl groups excluding tert-OH is 1. The standard InChI is InChI=1S/C23H27F3N4O4.C12H11F3N4/c1-13-9-14(15-11-27-20(28-12-15)23(24,25)26)10-16(29-13)5-6-17(31)19-18(32)7-8-30(19)21(33)34-22(2,3)4;1-7-2-8(3-10(4-16)19-7)9-5-17-11(18-6-9)12(13,14)15/h9-12,18-19,32H,5-8H2,1-4H3;2-3,5-6H,4,16H2,1H3/t18-,19-;/m1./s1. The number of carbonyl (C=O) groups excluding carboxylic acids is 2. The van der Waals surface area contributed by atoms with Gasteiger partial charge in [-0.25, -0.2) is 24.7 Å². The average Bonchev–Trinajstić information content (AvgIpc) is 3.47. The van der Waals surface area contributed by atoms with Crippen LogP contribution in [0.25, 0.3) is 22.3 Å². The number of amides is 1. The van der Waals surface area contributed by atoms with Crippen LogP contribution in [0.5, 0.6) is 0 Å². The van der Waals surface area contributed by atoms with E-state index < -0.39 is 47.8 Å². The van der Waals surface area contributed by atoms with E-state index in [4.69, 9.17) is 10.5 Å². The van der Waals surface area contributed by atoms with Gasteiger partial charge in [0.2, 0.25) is 11.6 Å². The molecule has 18 heteroatoms. The van der Waals surface area contributed by atoms with E-state index in [0.29, 0.717) is 39.3 Å². The van der Waals surface area contributed by atoms with E-state index in [2.05, 4.69) is 29.9 Å². The number of aliphatic hydroxyl groups is 1. The van der Waals surface area contributed by atoms with Gasteiger partial charge in [-0.3, -0.25) is 19.7 Å². The predicted molar refractivity (Wildman–Crippen MR) is 179 cm³/mol. The number of rotatable bonds is 7. The SMILES string of the molecule is Cc1cc(-c2cnc(C(F)(F)F)nc2)cc(CCC(=O)[C@@H]2[C@H](O)CCN2C(=O)OC(C)(C)C)n1.Cc1cc(-c2cnc(C(F)(F)F)nc2)cc(CN)n1. The lowest BCUT2D eigenvalue weighted by molar-refractivity contribution is -0.145. The number of carbonyl (C=O) groups is 2. The largest absolute Gasteiger partial charge is 0.451 e. The van der Waals surface area contributed by atoms with Crippen LogP contribution in [0, 0.1) is 13.8 Å². The van der Waals surface area contributed by atoms with Crippen molar-refractivity contribution in [1.29, 1.82) is 0 Å². The normalized spacial score (nSPS) is 16.2. The van der Waals surface area contributed by atoms with Crippen LogP contribution in [0.2, 0.25) is 0 Å². The van der Waals surface area contributed by atoms with Gasteiger partial charge in [0.05, 0.1) is 11.8 Å². The number of Topliss-reactive ketones (excluding diaryl/α,β-unsaturated/α-hetero) is 1. The van der Waals surface area contributed by atoms with E-state index in [1.165, 1.54) is 4.90 Å². The maximum Gasteiger partial charge on any atom is 0.451 e. The van der Waals surface area contributed by atoms with Gasteiger partial charge in [0.15, 0.2) is 5.78 Å². The number of alkyl halides is 6. The van der Waals surface area contributed by atoms with Gasteiger partial charge < -0.3 is 15.6 Å². The van der Waals surface area contributed by atoms with Crippen molar-refractivity contribution in [2.45, 2.75) is 90.5 Å². The maximum absolute atomic E-state index is 12.9. The lowest BCUT2D eigenvalue weighted by Gasteiger charge is -2.28. The second-order valence-corrected chi connectivity index (χ2v) is 13.2. The third-order valence-electron chi connectivity index (χ3n) is 7.65. The first-order chi connectivity index (χ1) is 24.6. The highest BCUT2D eigenvalue weighted by molar-refractivity contribution is 5.89. The summed E-state index contributed by atoms with van der Waals surface area (Å²) in [6.07, 6.45) is -5.82. The lowest BCUT2D eigenvalue weighted by atomic mass is 10.0. The third kappa shape index (κ3) is 11.2. The van der Waals surface area contributed by atoms with Gasteiger partial charge in [0, 0.05) is 72.5 Å². The number of aryl methyl sites for hydroxylation is 3. The molecule has 3 N–H and O–H groups in total. The molecule has 0 bridgehead atoms. The number of nitrogens with zero attached hydrogens (tertiary/aromatic N) is 7. The van der Waals surface area contributed by atoms with Crippen LogP contribution in [0.3, 0.4) is 0 Å². The van der Waals surface area contributed by atoms with E-state index in [9.17, 15) is 41.0 Å². The zero-order valence-corrected chi connectivity index (χ0v) is 29.5. The zero-order valence-electron chi connectivity index (χ0n) is 29.5. The number of hydrogen-bond acceptors (Lipinski definition) is 11. The summed E-state index contributed by atoms with van der Waals surface area (Å²) in [6, 6.07) is 5.79. The summed E-state index contributed by atoms with van der Waals surface area (Å²) in [5, 5.41) is 10.3. The van der Waals surface area contributed by atoms with Crippen molar-refractivity contribution < 1.29 is 45.8 Å². The molecule has 0 aromatic carbocycles.